The molecule has 2 atom stereocenters. The number of aliphatic hydroxyl groups is 1. The van der Waals surface area contributed by atoms with Gasteiger partial charge >= 0.3 is 6.03 Å². The van der Waals surface area contributed by atoms with Crippen molar-refractivity contribution in [3.8, 4) is 0 Å². The van der Waals surface area contributed by atoms with Crippen molar-refractivity contribution < 1.29 is 9.90 Å². The molecule has 0 bridgehead atoms. The van der Waals surface area contributed by atoms with Gasteiger partial charge in [0.1, 0.15) is 0 Å². The van der Waals surface area contributed by atoms with Crippen LogP contribution in [0.25, 0.3) is 0 Å². The van der Waals surface area contributed by atoms with Crippen molar-refractivity contribution in [2.24, 2.45) is 0 Å². The third-order valence-corrected chi connectivity index (χ3v) is 3.30. The Balaban J connectivity index is 1.67. The van der Waals surface area contributed by atoms with E-state index in [0.29, 0.717) is 19.5 Å². The van der Waals surface area contributed by atoms with Gasteiger partial charge < -0.3 is 21.1 Å². The first kappa shape index (κ1) is 13.8. The van der Waals surface area contributed by atoms with Crippen LogP contribution in [-0.2, 0) is 6.42 Å². The van der Waals surface area contributed by atoms with Crippen LogP contribution in [0.15, 0.2) is 30.3 Å². The molecule has 2 amide bonds. The zero-order valence-electron chi connectivity index (χ0n) is 10.9. The molecule has 5 heteroatoms. The average molecular weight is 263 g/mol. The Morgan fingerprint density at radius 2 is 2.16 bits per heavy atom. The zero-order chi connectivity index (χ0) is 13.5. The number of aliphatic hydroxyl groups excluding tert-OH is 1. The summed E-state index contributed by atoms with van der Waals surface area (Å²) in [6.45, 7) is 2.01. The molecule has 5 nitrogen and oxygen atoms in total. The number of hydrogen-bond acceptors (Lipinski definition) is 3. The molecule has 0 spiro atoms. The summed E-state index contributed by atoms with van der Waals surface area (Å²) in [5.41, 5.74) is 1.20. The normalized spacial score (nSPS) is 22.8. The molecule has 0 aromatic heterocycles. The molecule has 4 N–H and O–H groups in total. The lowest BCUT2D eigenvalue weighted by Gasteiger charge is -2.29. The van der Waals surface area contributed by atoms with E-state index in [4.69, 9.17) is 0 Å². The predicted molar refractivity (Wildman–Crippen MR) is 74.0 cm³/mol. The minimum atomic E-state index is -0.457. The number of hydrogen-bond donors (Lipinski definition) is 4. The molecule has 19 heavy (non-hydrogen) atoms. The summed E-state index contributed by atoms with van der Waals surface area (Å²) >= 11 is 0. The summed E-state index contributed by atoms with van der Waals surface area (Å²) < 4.78 is 0. The predicted octanol–water partition coefficient (Wildman–Crippen LogP) is 0.251. The zero-order valence-corrected chi connectivity index (χ0v) is 10.9. The second-order valence-electron chi connectivity index (χ2n) is 4.80. The SMILES string of the molecule is O=C(NCCc1ccccc1)N[C@H]1CNCC[C@H]1O. The van der Waals surface area contributed by atoms with E-state index < -0.39 is 6.10 Å². The van der Waals surface area contributed by atoms with Crippen molar-refractivity contribution >= 4 is 6.03 Å². The molecule has 1 aromatic carbocycles. The van der Waals surface area contributed by atoms with Crippen molar-refractivity contribution in [3.63, 3.8) is 0 Å². The van der Waals surface area contributed by atoms with Gasteiger partial charge in [-0.05, 0) is 24.9 Å². The monoisotopic (exact) mass is 263 g/mol. The second kappa shape index (κ2) is 7.11. The smallest absolute Gasteiger partial charge is 0.315 e. The number of rotatable bonds is 4. The number of piperidine rings is 1. The van der Waals surface area contributed by atoms with E-state index in [1.54, 1.807) is 0 Å². The van der Waals surface area contributed by atoms with Gasteiger partial charge in [0.2, 0.25) is 0 Å². The summed E-state index contributed by atoms with van der Waals surface area (Å²) in [6.07, 6.45) is 1.02. The fourth-order valence-corrected chi connectivity index (χ4v) is 2.18. The van der Waals surface area contributed by atoms with Gasteiger partial charge in [0.05, 0.1) is 12.1 Å². The highest BCUT2D eigenvalue weighted by Gasteiger charge is 2.23. The number of urea groups is 1. The molecular weight excluding hydrogens is 242 g/mol. The summed E-state index contributed by atoms with van der Waals surface area (Å²) in [7, 11) is 0. The molecular formula is C14H21N3O2. The average Bonchev–Trinajstić information content (AvgIpc) is 2.43. The van der Waals surface area contributed by atoms with E-state index in [2.05, 4.69) is 16.0 Å². The maximum atomic E-state index is 11.7. The minimum Gasteiger partial charge on any atom is -0.391 e. The fraction of sp³-hybridized carbons (Fsp3) is 0.500. The van der Waals surface area contributed by atoms with Crippen LogP contribution >= 0.6 is 0 Å². The van der Waals surface area contributed by atoms with Crippen LogP contribution in [-0.4, -0.2) is 42.9 Å². The third-order valence-electron chi connectivity index (χ3n) is 3.30. The molecule has 104 valence electrons. The van der Waals surface area contributed by atoms with E-state index in [9.17, 15) is 9.90 Å². The molecule has 1 aromatic rings. The van der Waals surface area contributed by atoms with Crippen LogP contribution in [0.2, 0.25) is 0 Å². The van der Waals surface area contributed by atoms with Crippen LogP contribution in [0.5, 0.6) is 0 Å². The van der Waals surface area contributed by atoms with Crippen molar-refractivity contribution in [2.45, 2.75) is 25.0 Å². The Labute approximate surface area is 113 Å². The van der Waals surface area contributed by atoms with Gasteiger partial charge in [-0.1, -0.05) is 30.3 Å². The Kier molecular flexibility index (Phi) is 5.18. The van der Waals surface area contributed by atoms with Crippen LogP contribution in [0.3, 0.4) is 0 Å². The van der Waals surface area contributed by atoms with E-state index in [-0.39, 0.29) is 12.1 Å². The molecule has 1 heterocycles. The summed E-state index contributed by atoms with van der Waals surface area (Å²) in [4.78, 5) is 11.7. The molecule has 0 unspecified atom stereocenters. The summed E-state index contributed by atoms with van der Waals surface area (Å²) in [5.74, 6) is 0. The van der Waals surface area contributed by atoms with Crippen molar-refractivity contribution in [1.29, 1.82) is 0 Å². The van der Waals surface area contributed by atoms with Crippen molar-refractivity contribution in [1.82, 2.24) is 16.0 Å². The number of amides is 2. The minimum absolute atomic E-state index is 0.203. The molecule has 1 aliphatic heterocycles. The first-order valence-corrected chi connectivity index (χ1v) is 6.73. The Morgan fingerprint density at radius 1 is 1.37 bits per heavy atom. The molecule has 0 radical (unpaired) electrons. The first-order chi connectivity index (χ1) is 9.25. The first-order valence-electron chi connectivity index (χ1n) is 6.73. The lowest BCUT2D eigenvalue weighted by Crippen LogP contribution is -2.55. The molecule has 0 aliphatic carbocycles. The van der Waals surface area contributed by atoms with Crippen LogP contribution < -0.4 is 16.0 Å². The highest BCUT2D eigenvalue weighted by Crippen LogP contribution is 2.03. The molecule has 0 saturated carbocycles. The Morgan fingerprint density at radius 3 is 2.89 bits per heavy atom. The number of carbonyl (C=O) groups excluding carboxylic acids is 1. The largest absolute Gasteiger partial charge is 0.391 e. The standard InChI is InChI=1S/C14H21N3O2/c18-13-7-8-15-10-12(13)17-14(19)16-9-6-11-4-2-1-3-5-11/h1-5,12-13,15,18H,6-10H2,(H2,16,17,19)/t12-,13+/m0/s1. The lowest BCUT2D eigenvalue weighted by molar-refractivity contribution is 0.102. The third kappa shape index (κ3) is 4.54. The maximum Gasteiger partial charge on any atom is 0.315 e. The van der Waals surface area contributed by atoms with Crippen molar-refractivity contribution in [2.75, 3.05) is 19.6 Å². The Hall–Kier alpha value is -1.59. The quantitative estimate of drug-likeness (QED) is 0.629. The van der Waals surface area contributed by atoms with E-state index in [1.165, 1.54) is 5.56 Å². The number of benzene rings is 1. The van der Waals surface area contributed by atoms with Crippen LogP contribution in [0.1, 0.15) is 12.0 Å². The highest BCUT2D eigenvalue weighted by atomic mass is 16.3. The van der Waals surface area contributed by atoms with Gasteiger partial charge in [-0.3, -0.25) is 0 Å². The van der Waals surface area contributed by atoms with Crippen LogP contribution in [0, 0.1) is 0 Å². The van der Waals surface area contributed by atoms with Gasteiger partial charge in [0, 0.05) is 13.1 Å². The molecule has 1 aliphatic rings. The molecule has 1 saturated heterocycles. The van der Waals surface area contributed by atoms with Crippen molar-refractivity contribution in [3.05, 3.63) is 35.9 Å². The lowest BCUT2D eigenvalue weighted by atomic mass is 10.0. The van der Waals surface area contributed by atoms with Gasteiger partial charge in [-0.25, -0.2) is 4.79 Å². The van der Waals surface area contributed by atoms with Gasteiger partial charge in [0.25, 0.3) is 0 Å². The van der Waals surface area contributed by atoms with Crippen LogP contribution in [0.4, 0.5) is 4.79 Å². The number of carbonyl (C=O) groups is 1. The fourth-order valence-electron chi connectivity index (χ4n) is 2.18. The maximum absolute atomic E-state index is 11.7. The van der Waals surface area contributed by atoms with E-state index >= 15 is 0 Å². The van der Waals surface area contributed by atoms with Gasteiger partial charge in [0.15, 0.2) is 0 Å². The summed E-state index contributed by atoms with van der Waals surface area (Å²) in [5, 5.41) is 18.5. The Bertz CT molecular complexity index is 397. The van der Waals surface area contributed by atoms with Gasteiger partial charge in [-0.15, -0.1) is 0 Å². The molecule has 2 rings (SSSR count). The van der Waals surface area contributed by atoms with E-state index in [0.717, 1.165) is 13.0 Å². The number of nitrogens with one attached hydrogen (secondary N) is 3. The van der Waals surface area contributed by atoms with E-state index in [1.807, 2.05) is 30.3 Å². The van der Waals surface area contributed by atoms with Gasteiger partial charge in [-0.2, -0.15) is 0 Å². The topological polar surface area (TPSA) is 73.4 Å². The highest BCUT2D eigenvalue weighted by molar-refractivity contribution is 5.74. The summed E-state index contributed by atoms with van der Waals surface area (Å²) in [6, 6.07) is 9.59. The molecule has 1 fully saturated rings. The second-order valence-corrected chi connectivity index (χ2v) is 4.80.